The van der Waals surface area contributed by atoms with Gasteiger partial charge in [0.1, 0.15) is 5.75 Å². The van der Waals surface area contributed by atoms with Crippen LogP contribution in [0, 0.1) is 5.92 Å². The van der Waals surface area contributed by atoms with Crippen LogP contribution in [0.1, 0.15) is 45.6 Å². The summed E-state index contributed by atoms with van der Waals surface area (Å²) in [5, 5.41) is 3.62. The molecule has 1 fully saturated rings. The van der Waals surface area contributed by atoms with E-state index in [1.165, 1.54) is 12.0 Å². The molecule has 1 N–H and O–H groups in total. The normalized spacial score (nSPS) is 17.2. The van der Waals surface area contributed by atoms with Crippen LogP contribution in [0.3, 0.4) is 0 Å². The van der Waals surface area contributed by atoms with Gasteiger partial charge in [-0.25, -0.2) is 0 Å². The fourth-order valence-corrected chi connectivity index (χ4v) is 3.40. The Bertz CT molecular complexity index is 467. The Kier molecular flexibility index (Phi) is 8.73. The van der Waals surface area contributed by atoms with Gasteiger partial charge in [0.15, 0.2) is 0 Å². The van der Waals surface area contributed by atoms with Crippen molar-refractivity contribution in [3.63, 3.8) is 0 Å². The van der Waals surface area contributed by atoms with Crippen LogP contribution in [0.2, 0.25) is 0 Å². The number of nitrogens with one attached hydrogen (secondary N) is 1. The lowest BCUT2D eigenvalue weighted by Crippen LogP contribution is -2.40. The van der Waals surface area contributed by atoms with Gasteiger partial charge in [0.25, 0.3) is 0 Å². The SMILES string of the molecule is CC(C)Oc1ccc([C@H](CCNCCN2CCOCC2)C(C)C)cc1. The molecule has 25 heavy (non-hydrogen) atoms. The van der Waals surface area contributed by atoms with Crippen LogP contribution < -0.4 is 10.1 Å². The minimum Gasteiger partial charge on any atom is -0.491 e. The number of morpholine rings is 1. The Morgan fingerprint density at radius 1 is 1.04 bits per heavy atom. The van der Waals surface area contributed by atoms with Crippen molar-refractivity contribution in [2.75, 3.05) is 45.9 Å². The van der Waals surface area contributed by atoms with Gasteiger partial charge in [-0.1, -0.05) is 26.0 Å². The number of hydrogen-bond donors (Lipinski definition) is 1. The number of benzene rings is 1. The van der Waals surface area contributed by atoms with Crippen molar-refractivity contribution in [3.05, 3.63) is 29.8 Å². The molecular formula is C21H36N2O2. The second-order valence-corrected chi connectivity index (χ2v) is 7.58. The quantitative estimate of drug-likeness (QED) is 0.656. The zero-order valence-corrected chi connectivity index (χ0v) is 16.5. The molecule has 0 aliphatic carbocycles. The van der Waals surface area contributed by atoms with Gasteiger partial charge in [-0.15, -0.1) is 0 Å². The molecular weight excluding hydrogens is 312 g/mol. The average Bonchev–Trinajstić information content (AvgIpc) is 2.59. The van der Waals surface area contributed by atoms with E-state index in [9.17, 15) is 0 Å². The minimum atomic E-state index is 0.224. The Morgan fingerprint density at radius 2 is 1.72 bits per heavy atom. The van der Waals surface area contributed by atoms with Gasteiger partial charge in [0.05, 0.1) is 19.3 Å². The summed E-state index contributed by atoms with van der Waals surface area (Å²) in [7, 11) is 0. The fourth-order valence-electron chi connectivity index (χ4n) is 3.40. The summed E-state index contributed by atoms with van der Waals surface area (Å²) in [4.78, 5) is 2.48. The number of nitrogens with zero attached hydrogens (tertiary/aromatic N) is 1. The second-order valence-electron chi connectivity index (χ2n) is 7.58. The van der Waals surface area contributed by atoms with E-state index in [1.54, 1.807) is 0 Å². The van der Waals surface area contributed by atoms with E-state index < -0.39 is 0 Å². The monoisotopic (exact) mass is 348 g/mol. The van der Waals surface area contributed by atoms with Crippen LogP contribution in [-0.2, 0) is 4.74 Å². The molecule has 1 aromatic carbocycles. The summed E-state index contributed by atoms with van der Waals surface area (Å²) in [5.41, 5.74) is 1.42. The van der Waals surface area contributed by atoms with Gasteiger partial charge >= 0.3 is 0 Å². The smallest absolute Gasteiger partial charge is 0.119 e. The van der Waals surface area contributed by atoms with Crippen molar-refractivity contribution in [1.82, 2.24) is 10.2 Å². The summed E-state index contributed by atoms with van der Waals surface area (Å²) < 4.78 is 11.1. The third-order valence-electron chi connectivity index (χ3n) is 4.83. The molecule has 0 saturated carbocycles. The molecule has 0 unspecified atom stereocenters. The van der Waals surface area contributed by atoms with Crippen molar-refractivity contribution in [2.45, 2.75) is 46.1 Å². The van der Waals surface area contributed by atoms with Crippen molar-refractivity contribution < 1.29 is 9.47 Å². The highest BCUT2D eigenvalue weighted by Crippen LogP contribution is 2.29. The third-order valence-corrected chi connectivity index (χ3v) is 4.83. The maximum absolute atomic E-state index is 5.75. The van der Waals surface area contributed by atoms with Gasteiger partial charge in [-0.2, -0.15) is 0 Å². The van der Waals surface area contributed by atoms with E-state index in [1.807, 2.05) is 0 Å². The summed E-state index contributed by atoms with van der Waals surface area (Å²) >= 11 is 0. The third kappa shape index (κ3) is 7.35. The Balaban J connectivity index is 1.74. The molecule has 0 bridgehead atoms. The first-order chi connectivity index (χ1) is 12.1. The van der Waals surface area contributed by atoms with Gasteiger partial charge < -0.3 is 14.8 Å². The molecule has 1 aliphatic heterocycles. The van der Waals surface area contributed by atoms with E-state index in [-0.39, 0.29) is 6.10 Å². The van der Waals surface area contributed by atoms with Crippen molar-refractivity contribution in [3.8, 4) is 5.75 Å². The number of rotatable bonds is 10. The highest BCUT2D eigenvalue weighted by molar-refractivity contribution is 5.30. The van der Waals surface area contributed by atoms with E-state index in [2.05, 4.69) is 62.2 Å². The Morgan fingerprint density at radius 3 is 2.32 bits per heavy atom. The molecule has 1 aliphatic rings. The highest BCUT2D eigenvalue weighted by atomic mass is 16.5. The molecule has 4 nitrogen and oxygen atoms in total. The molecule has 0 radical (unpaired) electrons. The summed E-state index contributed by atoms with van der Waals surface area (Å²) in [6.07, 6.45) is 1.40. The van der Waals surface area contributed by atoms with Crippen LogP contribution in [0.5, 0.6) is 5.75 Å². The number of ether oxygens (including phenoxy) is 2. The highest BCUT2D eigenvalue weighted by Gasteiger charge is 2.16. The summed E-state index contributed by atoms with van der Waals surface area (Å²) in [6.45, 7) is 15.9. The average molecular weight is 349 g/mol. The molecule has 1 atom stereocenters. The predicted molar refractivity (Wildman–Crippen MR) is 105 cm³/mol. The molecule has 1 saturated heterocycles. The van der Waals surface area contributed by atoms with Crippen LogP contribution in [-0.4, -0.2) is 56.9 Å². The lowest BCUT2D eigenvalue weighted by molar-refractivity contribution is 0.0384. The predicted octanol–water partition coefficient (Wildman–Crippen LogP) is 3.53. The maximum Gasteiger partial charge on any atom is 0.119 e. The van der Waals surface area contributed by atoms with Crippen LogP contribution >= 0.6 is 0 Å². The molecule has 0 spiro atoms. The van der Waals surface area contributed by atoms with Gasteiger partial charge in [-0.3, -0.25) is 4.90 Å². The van der Waals surface area contributed by atoms with E-state index in [0.717, 1.165) is 51.7 Å². The summed E-state index contributed by atoms with van der Waals surface area (Å²) in [5.74, 6) is 2.19. The second kappa shape index (κ2) is 10.8. The van der Waals surface area contributed by atoms with Crippen molar-refractivity contribution >= 4 is 0 Å². The topological polar surface area (TPSA) is 33.7 Å². The molecule has 142 valence electrons. The largest absolute Gasteiger partial charge is 0.491 e. The zero-order valence-electron chi connectivity index (χ0n) is 16.5. The number of hydrogen-bond acceptors (Lipinski definition) is 4. The van der Waals surface area contributed by atoms with E-state index >= 15 is 0 Å². The first-order valence-corrected chi connectivity index (χ1v) is 9.83. The van der Waals surface area contributed by atoms with Crippen LogP contribution in [0.15, 0.2) is 24.3 Å². The molecule has 1 aromatic rings. The Labute approximate surface area is 153 Å². The lowest BCUT2D eigenvalue weighted by atomic mass is 9.86. The fraction of sp³-hybridized carbons (Fsp3) is 0.714. The van der Waals surface area contributed by atoms with Crippen molar-refractivity contribution in [1.29, 1.82) is 0 Å². The Hall–Kier alpha value is -1.10. The maximum atomic E-state index is 5.75. The standard InChI is InChI=1S/C21H36N2O2/c1-17(2)21(19-5-7-20(8-6-19)25-18(3)4)9-10-22-11-12-23-13-15-24-16-14-23/h5-8,17-18,21-22H,9-16H2,1-4H3/t21-/m1/s1. The lowest BCUT2D eigenvalue weighted by Gasteiger charge is -2.27. The molecule has 1 heterocycles. The van der Waals surface area contributed by atoms with Crippen LogP contribution in [0.25, 0.3) is 0 Å². The summed E-state index contributed by atoms with van der Waals surface area (Å²) in [6, 6.07) is 8.68. The van der Waals surface area contributed by atoms with Crippen LogP contribution in [0.4, 0.5) is 0 Å². The van der Waals surface area contributed by atoms with Gasteiger partial charge in [-0.05, 0) is 56.3 Å². The molecule has 0 aromatic heterocycles. The molecule has 2 rings (SSSR count). The minimum absolute atomic E-state index is 0.224. The van der Waals surface area contributed by atoms with Gasteiger partial charge in [0.2, 0.25) is 0 Å². The van der Waals surface area contributed by atoms with E-state index in [4.69, 9.17) is 9.47 Å². The first kappa shape index (κ1) is 20.2. The van der Waals surface area contributed by atoms with E-state index in [0.29, 0.717) is 11.8 Å². The van der Waals surface area contributed by atoms with Gasteiger partial charge in [0, 0.05) is 26.2 Å². The molecule has 4 heteroatoms. The van der Waals surface area contributed by atoms with Crippen molar-refractivity contribution in [2.24, 2.45) is 5.92 Å². The first-order valence-electron chi connectivity index (χ1n) is 9.83. The molecule has 0 amide bonds. The zero-order chi connectivity index (χ0) is 18.1.